The first kappa shape index (κ1) is 45.1. The summed E-state index contributed by atoms with van der Waals surface area (Å²) in [7, 11) is 0. The second-order valence-electron chi connectivity index (χ2n) is 13.3. The van der Waals surface area contributed by atoms with Crippen LogP contribution in [0.15, 0.2) is 60.8 Å². The third kappa shape index (κ3) is 35.2. The summed E-state index contributed by atoms with van der Waals surface area (Å²) < 4.78 is 0. The Morgan fingerprint density at radius 1 is 0.532 bits per heavy atom. The Bertz CT molecular complexity index is 797. The second kappa shape index (κ2) is 38.5. The average Bonchev–Trinajstić information content (AvgIpc) is 3.07. The Balaban J connectivity index is 3.67. The van der Waals surface area contributed by atoms with Crippen molar-refractivity contribution in [2.75, 3.05) is 6.61 Å². The molecule has 0 aliphatic carbocycles. The van der Waals surface area contributed by atoms with E-state index in [1.54, 1.807) is 6.08 Å². The fourth-order valence-electron chi connectivity index (χ4n) is 5.70. The zero-order valence-corrected chi connectivity index (χ0v) is 31.0. The summed E-state index contributed by atoms with van der Waals surface area (Å²) in [6.07, 6.45) is 53.1. The molecule has 0 aliphatic heterocycles. The van der Waals surface area contributed by atoms with Crippen molar-refractivity contribution < 1.29 is 15.0 Å². The van der Waals surface area contributed by atoms with Crippen LogP contribution in [0.25, 0.3) is 0 Å². The zero-order chi connectivity index (χ0) is 34.3. The van der Waals surface area contributed by atoms with Gasteiger partial charge in [0.2, 0.25) is 5.91 Å². The summed E-state index contributed by atoms with van der Waals surface area (Å²) in [4.78, 5) is 12.3. The van der Waals surface area contributed by atoms with Crippen LogP contribution < -0.4 is 5.32 Å². The molecule has 1 amide bonds. The molecular weight excluding hydrogens is 578 g/mol. The minimum atomic E-state index is -0.851. The van der Waals surface area contributed by atoms with Gasteiger partial charge in [-0.3, -0.25) is 4.79 Å². The van der Waals surface area contributed by atoms with Crippen LogP contribution in [-0.2, 0) is 4.79 Å². The van der Waals surface area contributed by atoms with E-state index in [1.165, 1.54) is 96.3 Å². The van der Waals surface area contributed by atoms with Crippen LogP contribution in [0.1, 0.15) is 187 Å². The number of aliphatic hydroxyl groups excluding tert-OH is 2. The molecule has 4 nitrogen and oxygen atoms in total. The fraction of sp³-hybridized carbons (Fsp3) is 0.744. The highest BCUT2D eigenvalue weighted by atomic mass is 16.3. The SMILES string of the molecule is CC/C=C\C/C=C\C/C=C\C/C=C\CCCCCCC(=O)NC(CO)C(O)/C=C/CCCCCCCCCCCCCCCCCC. The van der Waals surface area contributed by atoms with Gasteiger partial charge in [-0.1, -0.05) is 184 Å². The van der Waals surface area contributed by atoms with Crippen molar-refractivity contribution in [1.82, 2.24) is 5.32 Å². The Morgan fingerprint density at radius 3 is 1.40 bits per heavy atom. The van der Waals surface area contributed by atoms with Crippen LogP contribution in [0.5, 0.6) is 0 Å². The van der Waals surface area contributed by atoms with Crippen LogP contribution in [0.3, 0.4) is 0 Å². The van der Waals surface area contributed by atoms with Gasteiger partial charge in [0.15, 0.2) is 0 Å². The molecule has 4 heteroatoms. The maximum absolute atomic E-state index is 12.3. The van der Waals surface area contributed by atoms with Gasteiger partial charge in [-0.25, -0.2) is 0 Å². The third-order valence-corrected chi connectivity index (χ3v) is 8.76. The van der Waals surface area contributed by atoms with E-state index in [9.17, 15) is 15.0 Å². The summed E-state index contributed by atoms with van der Waals surface area (Å²) in [5.41, 5.74) is 0. The van der Waals surface area contributed by atoms with Crippen molar-refractivity contribution in [1.29, 1.82) is 0 Å². The molecule has 0 aliphatic rings. The molecule has 0 saturated carbocycles. The number of hydrogen-bond donors (Lipinski definition) is 3. The maximum atomic E-state index is 12.3. The number of unbranched alkanes of at least 4 members (excludes halogenated alkanes) is 20. The predicted octanol–water partition coefficient (Wildman–Crippen LogP) is 12.2. The van der Waals surface area contributed by atoms with Crippen LogP contribution in [0, 0.1) is 0 Å². The molecule has 0 bridgehead atoms. The van der Waals surface area contributed by atoms with Gasteiger partial charge in [-0.2, -0.15) is 0 Å². The molecular formula is C43H77NO3. The number of allylic oxidation sites excluding steroid dienone is 9. The van der Waals surface area contributed by atoms with E-state index in [4.69, 9.17) is 0 Å². The lowest BCUT2D eigenvalue weighted by Crippen LogP contribution is -2.45. The third-order valence-electron chi connectivity index (χ3n) is 8.76. The van der Waals surface area contributed by atoms with Gasteiger partial charge < -0.3 is 15.5 Å². The minimum absolute atomic E-state index is 0.0896. The van der Waals surface area contributed by atoms with E-state index < -0.39 is 12.1 Å². The molecule has 0 aromatic heterocycles. The molecule has 3 N–H and O–H groups in total. The summed E-state index contributed by atoms with van der Waals surface area (Å²) >= 11 is 0. The minimum Gasteiger partial charge on any atom is -0.394 e. The fourth-order valence-corrected chi connectivity index (χ4v) is 5.70. The van der Waals surface area contributed by atoms with Crippen molar-refractivity contribution in [3.63, 3.8) is 0 Å². The highest BCUT2D eigenvalue weighted by Gasteiger charge is 2.17. The summed E-state index contributed by atoms with van der Waals surface area (Å²) in [6, 6.07) is -0.636. The maximum Gasteiger partial charge on any atom is 0.220 e. The van der Waals surface area contributed by atoms with E-state index >= 15 is 0 Å². The molecule has 272 valence electrons. The monoisotopic (exact) mass is 656 g/mol. The molecule has 0 radical (unpaired) electrons. The largest absolute Gasteiger partial charge is 0.394 e. The van der Waals surface area contributed by atoms with Crippen LogP contribution in [-0.4, -0.2) is 34.9 Å². The molecule has 2 atom stereocenters. The topological polar surface area (TPSA) is 69.6 Å². The lowest BCUT2D eigenvalue weighted by molar-refractivity contribution is -0.123. The van der Waals surface area contributed by atoms with E-state index in [0.717, 1.165) is 70.6 Å². The average molecular weight is 656 g/mol. The van der Waals surface area contributed by atoms with Crippen molar-refractivity contribution >= 4 is 5.91 Å². The second-order valence-corrected chi connectivity index (χ2v) is 13.3. The van der Waals surface area contributed by atoms with Crippen molar-refractivity contribution in [3.05, 3.63) is 60.8 Å². The first-order chi connectivity index (χ1) is 23.2. The van der Waals surface area contributed by atoms with Crippen LogP contribution in [0.2, 0.25) is 0 Å². The summed E-state index contributed by atoms with van der Waals surface area (Å²) in [5, 5.41) is 22.9. The van der Waals surface area contributed by atoms with E-state index in [1.807, 2.05) is 6.08 Å². The lowest BCUT2D eigenvalue weighted by atomic mass is 10.0. The Kier molecular flexibility index (Phi) is 37.0. The summed E-state index contributed by atoms with van der Waals surface area (Å²) in [5.74, 6) is -0.0896. The van der Waals surface area contributed by atoms with Crippen molar-refractivity contribution in [3.8, 4) is 0 Å². The highest BCUT2D eigenvalue weighted by molar-refractivity contribution is 5.76. The molecule has 0 spiro atoms. The first-order valence-electron chi connectivity index (χ1n) is 20.0. The molecule has 0 heterocycles. The van der Waals surface area contributed by atoms with E-state index in [2.05, 4.69) is 67.8 Å². The Morgan fingerprint density at radius 2 is 0.936 bits per heavy atom. The number of rotatable bonds is 35. The van der Waals surface area contributed by atoms with Gasteiger partial charge in [0, 0.05) is 6.42 Å². The summed E-state index contributed by atoms with van der Waals surface area (Å²) in [6.45, 7) is 4.18. The molecule has 0 saturated heterocycles. The molecule has 0 aromatic carbocycles. The number of hydrogen-bond acceptors (Lipinski definition) is 3. The van der Waals surface area contributed by atoms with Crippen LogP contribution >= 0.6 is 0 Å². The predicted molar refractivity (Wildman–Crippen MR) is 207 cm³/mol. The van der Waals surface area contributed by atoms with Crippen molar-refractivity contribution in [2.24, 2.45) is 0 Å². The number of carbonyl (C=O) groups is 1. The molecule has 2 unspecified atom stereocenters. The number of amides is 1. The number of nitrogens with one attached hydrogen (secondary N) is 1. The number of carbonyl (C=O) groups excluding carboxylic acids is 1. The standard InChI is InChI=1S/C43H77NO3/c1-3-5-7-9-11-13-15-17-19-21-23-24-26-28-30-32-34-36-38-42(46)41(40-45)44-43(47)39-37-35-33-31-29-27-25-22-20-18-16-14-12-10-8-6-4-2/h6,8,12,14,18,20,25,27,36,38,41-42,45-46H,3-5,7,9-11,13,15-17,19,21-24,26,28-35,37,39-40H2,1-2H3,(H,44,47)/b8-6-,14-12-,20-18-,27-25-,38-36+. The number of aliphatic hydroxyl groups is 2. The normalized spacial score (nSPS) is 13.7. The Labute approximate surface area is 292 Å². The zero-order valence-electron chi connectivity index (χ0n) is 31.0. The molecule has 0 aromatic rings. The molecule has 47 heavy (non-hydrogen) atoms. The lowest BCUT2D eigenvalue weighted by Gasteiger charge is -2.20. The van der Waals surface area contributed by atoms with Gasteiger partial charge in [0.25, 0.3) is 0 Å². The molecule has 0 fully saturated rings. The highest BCUT2D eigenvalue weighted by Crippen LogP contribution is 2.14. The van der Waals surface area contributed by atoms with Gasteiger partial charge in [0.05, 0.1) is 18.8 Å². The van der Waals surface area contributed by atoms with Gasteiger partial charge in [0.1, 0.15) is 0 Å². The smallest absolute Gasteiger partial charge is 0.220 e. The van der Waals surface area contributed by atoms with E-state index in [-0.39, 0.29) is 12.5 Å². The van der Waals surface area contributed by atoms with Crippen LogP contribution in [0.4, 0.5) is 0 Å². The van der Waals surface area contributed by atoms with E-state index in [0.29, 0.717) is 6.42 Å². The Hall–Kier alpha value is -1.91. The first-order valence-corrected chi connectivity index (χ1v) is 20.0. The molecule has 0 rings (SSSR count). The van der Waals surface area contributed by atoms with Gasteiger partial charge in [-0.15, -0.1) is 0 Å². The van der Waals surface area contributed by atoms with Gasteiger partial charge in [-0.05, 0) is 57.8 Å². The quantitative estimate of drug-likeness (QED) is 0.0470. The van der Waals surface area contributed by atoms with Gasteiger partial charge >= 0.3 is 0 Å². The van der Waals surface area contributed by atoms with Crippen molar-refractivity contribution in [2.45, 2.75) is 199 Å².